The van der Waals surface area contributed by atoms with Crippen LogP contribution in [0.4, 0.5) is 10.8 Å². The Morgan fingerprint density at radius 2 is 2.15 bits per heavy atom. The molecule has 1 amide bonds. The Hall–Kier alpha value is -1.95. The van der Waals surface area contributed by atoms with Gasteiger partial charge in [-0.1, -0.05) is 29.5 Å². The molecule has 1 N–H and O–H groups in total. The highest BCUT2D eigenvalue weighted by atomic mass is 32.1. The Labute approximate surface area is 121 Å². The Bertz CT molecular complexity index is 625. The molecule has 1 aromatic carbocycles. The normalized spacial score (nSPS) is 14.2. The first-order valence-corrected chi connectivity index (χ1v) is 7.54. The van der Waals surface area contributed by atoms with E-state index in [0.29, 0.717) is 13.0 Å². The molecule has 0 unspecified atom stereocenters. The van der Waals surface area contributed by atoms with Crippen molar-refractivity contribution in [3.05, 3.63) is 34.8 Å². The lowest BCUT2D eigenvalue weighted by Crippen LogP contribution is -2.34. The maximum absolute atomic E-state index is 12.2. The van der Waals surface area contributed by atoms with Crippen LogP contribution >= 0.6 is 11.3 Å². The smallest absolute Gasteiger partial charge is 0.227 e. The number of hydrogen-bond acceptors (Lipinski definition) is 5. The van der Waals surface area contributed by atoms with E-state index in [1.165, 1.54) is 16.9 Å². The fraction of sp³-hybridized carbons (Fsp3) is 0.357. The molecule has 0 saturated heterocycles. The van der Waals surface area contributed by atoms with Crippen LogP contribution in [0, 0.1) is 0 Å². The molecule has 0 atom stereocenters. The summed E-state index contributed by atoms with van der Waals surface area (Å²) in [4.78, 5) is 14.0. The Morgan fingerprint density at radius 3 is 3.00 bits per heavy atom. The van der Waals surface area contributed by atoms with E-state index in [2.05, 4.69) is 21.6 Å². The molecule has 0 spiro atoms. The van der Waals surface area contributed by atoms with E-state index >= 15 is 0 Å². The lowest BCUT2D eigenvalue weighted by atomic mass is 10.0. The van der Waals surface area contributed by atoms with E-state index in [0.717, 1.165) is 28.8 Å². The second-order valence-electron chi connectivity index (χ2n) is 4.64. The van der Waals surface area contributed by atoms with Gasteiger partial charge in [0, 0.05) is 18.7 Å². The van der Waals surface area contributed by atoms with Crippen molar-refractivity contribution in [2.24, 2.45) is 0 Å². The highest BCUT2D eigenvalue weighted by Gasteiger charge is 2.24. The van der Waals surface area contributed by atoms with Gasteiger partial charge in [0.15, 0.2) is 0 Å². The zero-order valence-corrected chi connectivity index (χ0v) is 12.1. The molecule has 0 fully saturated rings. The summed E-state index contributed by atoms with van der Waals surface area (Å²) in [5.74, 6) is 0.156. The van der Waals surface area contributed by atoms with E-state index in [1.807, 2.05) is 30.0 Å². The van der Waals surface area contributed by atoms with Crippen LogP contribution in [0.15, 0.2) is 24.3 Å². The molecule has 1 aliphatic heterocycles. The molecule has 2 heterocycles. The van der Waals surface area contributed by atoms with E-state index in [-0.39, 0.29) is 5.91 Å². The molecule has 0 saturated carbocycles. The summed E-state index contributed by atoms with van der Waals surface area (Å²) < 4.78 is 0. The van der Waals surface area contributed by atoms with Gasteiger partial charge in [-0.15, -0.1) is 10.2 Å². The third-order valence-corrected chi connectivity index (χ3v) is 4.15. The van der Waals surface area contributed by atoms with Gasteiger partial charge in [0.05, 0.1) is 6.54 Å². The van der Waals surface area contributed by atoms with Crippen molar-refractivity contribution in [3.63, 3.8) is 0 Å². The molecule has 2 aromatic rings. The number of aryl methyl sites for hydroxylation is 1. The van der Waals surface area contributed by atoms with Crippen molar-refractivity contribution in [3.8, 4) is 0 Å². The van der Waals surface area contributed by atoms with Gasteiger partial charge in [-0.05, 0) is 25.0 Å². The molecule has 1 aliphatic rings. The first kappa shape index (κ1) is 13.1. The molecule has 1 aromatic heterocycles. The third-order valence-electron chi connectivity index (χ3n) is 3.28. The van der Waals surface area contributed by atoms with Crippen LogP contribution in [0.1, 0.15) is 23.9 Å². The lowest BCUT2D eigenvalue weighted by Gasteiger charge is -2.28. The quantitative estimate of drug-likeness (QED) is 0.939. The van der Waals surface area contributed by atoms with Crippen LogP contribution in [0.3, 0.4) is 0 Å². The molecule has 0 radical (unpaired) electrons. The number of rotatable bonds is 4. The number of nitrogens with zero attached hydrogens (tertiary/aromatic N) is 3. The Morgan fingerprint density at radius 1 is 1.30 bits per heavy atom. The predicted octanol–water partition coefficient (Wildman–Crippen LogP) is 2.45. The maximum atomic E-state index is 12.2. The summed E-state index contributed by atoms with van der Waals surface area (Å²) in [6.45, 7) is 3.34. The second kappa shape index (κ2) is 5.58. The van der Waals surface area contributed by atoms with Gasteiger partial charge in [0.2, 0.25) is 11.0 Å². The fourth-order valence-corrected chi connectivity index (χ4v) is 3.14. The van der Waals surface area contributed by atoms with Crippen molar-refractivity contribution in [1.29, 1.82) is 0 Å². The first-order valence-electron chi connectivity index (χ1n) is 6.72. The lowest BCUT2D eigenvalue weighted by molar-refractivity contribution is -0.119. The largest absolute Gasteiger partial charge is 0.360 e. The number of aromatic nitrogens is 2. The van der Waals surface area contributed by atoms with E-state index in [9.17, 15) is 4.79 Å². The minimum absolute atomic E-state index is 0.156. The molecule has 3 rings (SSSR count). The van der Waals surface area contributed by atoms with E-state index in [4.69, 9.17) is 0 Å². The number of amides is 1. The molecule has 6 heteroatoms. The van der Waals surface area contributed by atoms with Gasteiger partial charge in [0.1, 0.15) is 5.01 Å². The fourth-order valence-electron chi connectivity index (χ4n) is 2.35. The third kappa shape index (κ3) is 2.51. The number of nitrogens with one attached hydrogen (secondary N) is 1. The van der Waals surface area contributed by atoms with Crippen molar-refractivity contribution >= 4 is 28.1 Å². The van der Waals surface area contributed by atoms with Crippen LogP contribution in [0.5, 0.6) is 0 Å². The summed E-state index contributed by atoms with van der Waals surface area (Å²) in [7, 11) is 0. The monoisotopic (exact) mass is 288 g/mol. The van der Waals surface area contributed by atoms with Gasteiger partial charge in [-0.25, -0.2) is 0 Å². The number of para-hydroxylation sites is 1. The van der Waals surface area contributed by atoms with Crippen molar-refractivity contribution in [2.75, 3.05) is 16.8 Å². The van der Waals surface area contributed by atoms with Gasteiger partial charge < -0.3 is 10.2 Å². The standard InChI is InChI=1S/C14H16N4OS/c1-2-15-14-17-16-12(20-14)9-18-11-6-4-3-5-10(11)7-8-13(18)19/h3-6H,2,7-9H2,1H3,(H,15,17). The average Bonchev–Trinajstić information content (AvgIpc) is 2.90. The zero-order chi connectivity index (χ0) is 13.9. The molecule has 20 heavy (non-hydrogen) atoms. The number of fused-ring (bicyclic) bond motifs is 1. The van der Waals surface area contributed by atoms with Crippen LogP contribution in [0.2, 0.25) is 0 Å². The van der Waals surface area contributed by atoms with Crippen molar-refractivity contribution in [2.45, 2.75) is 26.3 Å². The summed E-state index contributed by atoms with van der Waals surface area (Å²) in [6, 6.07) is 8.06. The van der Waals surface area contributed by atoms with Crippen LogP contribution < -0.4 is 10.2 Å². The molecule has 104 valence electrons. The summed E-state index contributed by atoms with van der Waals surface area (Å²) in [5.41, 5.74) is 2.23. The van der Waals surface area contributed by atoms with Gasteiger partial charge >= 0.3 is 0 Å². The Balaban J connectivity index is 1.83. The topological polar surface area (TPSA) is 58.1 Å². The highest BCUT2D eigenvalue weighted by Crippen LogP contribution is 2.29. The molecule has 0 bridgehead atoms. The number of benzene rings is 1. The maximum Gasteiger partial charge on any atom is 0.227 e. The zero-order valence-electron chi connectivity index (χ0n) is 11.3. The second-order valence-corrected chi connectivity index (χ2v) is 5.70. The molecular weight excluding hydrogens is 272 g/mol. The summed E-state index contributed by atoms with van der Waals surface area (Å²) in [5, 5.41) is 13.0. The minimum atomic E-state index is 0.156. The molecular formula is C14H16N4OS. The molecule has 0 aliphatic carbocycles. The highest BCUT2D eigenvalue weighted by molar-refractivity contribution is 7.15. The Kier molecular flexibility index (Phi) is 3.64. The first-order chi connectivity index (χ1) is 9.78. The van der Waals surface area contributed by atoms with Crippen LogP contribution in [0.25, 0.3) is 0 Å². The van der Waals surface area contributed by atoms with Crippen LogP contribution in [-0.4, -0.2) is 22.6 Å². The van der Waals surface area contributed by atoms with E-state index in [1.54, 1.807) is 0 Å². The summed E-state index contributed by atoms with van der Waals surface area (Å²) in [6.07, 6.45) is 1.39. The average molecular weight is 288 g/mol. The minimum Gasteiger partial charge on any atom is -0.360 e. The number of anilines is 2. The van der Waals surface area contributed by atoms with Crippen molar-refractivity contribution in [1.82, 2.24) is 10.2 Å². The predicted molar refractivity (Wildman–Crippen MR) is 80.0 cm³/mol. The number of carbonyl (C=O) groups is 1. The van der Waals surface area contributed by atoms with Gasteiger partial charge in [-0.3, -0.25) is 4.79 Å². The number of carbonyl (C=O) groups excluding carboxylic acids is 1. The summed E-state index contributed by atoms with van der Waals surface area (Å²) >= 11 is 1.50. The molecule has 5 nitrogen and oxygen atoms in total. The van der Waals surface area contributed by atoms with Gasteiger partial charge in [0.25, 0.3) is 0 Å². The van der Waals surface area contributed by atoms with Gasteiger partial charge in [-0.2, -0.15) is 0 Å². The van der Waals surface area contributed by atoms with Crippen LogP contribution in [-0.2, 0) is 17.8 Å². The SMILES string of the molecule is CCNc1nnc(CN2C(=O)CCc3ccccc32)s1. The number of hydrogen-bond donors (Lipinski definition) is 1. The van der Waals surface area contributed by atoms with E-state index < -0.39 is 0 Å². The van der Waals surface area contributed by atoms with Crippen molar-refractivity contribution < 1.29 is 4.79 Å².